The Hall–Kier alpha value is -3.33. The second-order valence-corrected chi connectivity index (χ2v) is 7.17. The fourth-order valence-corrected chi connectivity index (χ4v) is 3.70. The molecule has 1 fully saturated rings. The average Bonchev–Trinajstić information content (AvgIpc) is 2.69. The molecule has 1 aromatic carbocycles. The zero-order valence-electron chi connectivity index (χ0n) is 16.5. The number of esters is 2. The van der Waals surface area contributed by atoms with Crippen molar-refractivity contribution in [2.75, 3.05) is 13.2 Å². The molecule has 0 radical (unpaired) electrons. The molecule has 30 heavy (non-hydrogen) atoms. The molecule has 0 aromatic heterocycles. The number of non-ortho nitro benzene ring substituents is 1. The summed E-state index contributed by atoms with van der Waals surface area (Å²) in [6, 6.07) is 5.08. The Morgan fingerprint density at radius 3 is 2.23 bits per heavy atom. The Morgan fingerprint density at radius 2 is 1.73 bits per heavy atom. The third kappa shape index (κ3) is 4.80. The van der Waals surface area contributed by atoms with Crippen LogP contribution >= 0.6 is 0 Å². The van der Waals surface area contributed by atoms with Gasteiger partial charge in [-0.2, -0.15) is 0 Å². The lowest BCUT2D eigenvalue weighted by molar-refractivity contribution is -0.384. The van der Waals surface area contributed by atoms with E-state index >= 15 is 0 Å². The topological polar surface area (TPSA) is 133 Å². The molecule has 1 N–H and O–H groups in total. The highest BCUT2D eigenvalue weighted by molar-refractivity contribution is 6.02. The van der Waals surface area contributed by atoms with E-state index in [2.05, 4.69) is 13.2 Å². The minimum absolute atomic E-state index is 0.127. The molecular weight excluding hydrogens is 394 g/mol. The number of nitrogens with zero attached hydrogens (tertiary/aromatic N) is 1. The number of ether oxygens (including phenoxy) is 2. The van der Waals surface area contributed by atoms with Crippen LogP contribution in [0.5, 0.6) is 0 Å². The summed E-state index contributed by atoms with van der Waals surface area (Å²) in [6.07, 6.45) is 2.22. The van der Waals surface area contributed by atoms with Gasteiger partial charge in [-0.3, -0.25) is 24.5 Å². The van der Waals surface area contributed by atoms with Crippen LogP contribution in [0.4, 0.5) is 5.69 Å². The van der Waals surface area contributed by atoms with Gasteiger partial charge in [-0.25, -0.2) is 0 Å². The molecule has 0 spiro atoms. The predicted molar refractivity (Wildman–Crippen MR) is 105 cm³/mol. The van der Waals surface area contributed by atoms with Gasteiger partial charge < -0.3 is 14.6 Å². The maximum absolute atomic E-state index is 12.8. The zero-order valence-corrected chi connectivity index (χ0v) is 16.5. The van der Waals surface area contributed by atoms with Gasteiger partial charge in [-0.05, 0) is 12.5 Å². The number of carbonyl (C=O) groups excluding carboxylic acids is 3. The molecule has 9 heteroatoms. The van der Waals surface area contributed by atoms with Gasteiger partial charge in [0, 0.05) is 24.5 Å². The van der Waals surface area contributed by atoms with Gasteiger partial charge in [0.05, 0.1) is 16.4 Å². The molecule has 160 valence electrons. The summed E-state index contributed by atoms with van der Waals surface area (Å²) in [7, 11) is 0. The number of ketones is 1. The first-order chi connectivity index (χ1) is 14.1. The fourth-order valence-electron chi connectivity index (χ4n) is 3.70. The largest absolute Gasteiger partial charge is 0.461 e. The third-order valence-electron chi connectivity index (χ3n) is 4.95. The normalized spacial score (nSPS) is 25.8. The van der Waals surface area contributed by atoms with Crippen LogP contribution in [0.2, 0.25) is 0 Å². The lowest BCUT2D eigenvalue weighted by Crippen LogP contribution is -2.55. The highest BCUT2D eigenvalue weighted by Gasteiger charge is 2.57. The Kier molecular flexibility index (Phi) is 7.23. The number of carbonyl (C=O) groups is 3. The molecule has 0 heterocycles. The number of hydrogen-bond donors (Lipinski definition) is 1. The maximum Gasteiger partial charge on any atom is 0.317 e. The van der Waals surface area contributed by atoms with E-state index < -0.39 is 52.4 Å². The second-order valence-electron chi connectivity index (χ2n) is 7.17. The fraction of sp³-hybridized carbons (Fsp3) is 0.381. The van der Waals surface area contributed by atoms with E-state index in [4.69, 9.17) is 9.47 Å². The van der Waals surface area contributed by atoms with Crippen molar-refractivity contribution in [1.82, 2.24) is 0 Å². The summed E-state index contributed by atoms with van der Waals surface area (Å²) in [5.74, 6) is -6.13. The summed E-state index contributed by atoms with van der Waals surface area (Å²) < 4.78 is 10.2. The molecule has 0 bridgehead atoms. The minimum Gasteiger partial charge on any atom is -0.461 e. The Bertz CT molecular complexity index is 858. The third-order valence-corrected chi connectivity index (χ3v) is 4.95. The first-order valence-electron chi connectivity index (χ1n) is 9.18. The van der Waals surface area contributed by atoms with E-state index in [9.17, 15) is 29.6 Å². The number of hydrogen-bond acceptors (Lipinski definition) is 8. The molecule has 0 saturated heterocycles. The van der Waals surface area contributed by atoms with Gasteiger partial charge in [0.1, 0.15) is 19.1 Å². The Labute approximate surface area is 173 Å². The monoisotopic (exact) mass is 417 g/mol. The molecule has 9 nitrogen and oxygen atoms in total. The van der Waals surface area contributed by atoms with Crippen molar-refractivity contribution in [2.45, 2.75) is 24.9 Å². The van der Waals surface area contributed by atoms with E-state index in [1.165, 1.54) is 43.3 Å². The molecular formula is C21H23NO8. The maximum atomic E-state index is 12.8. The van der Waals surface area contributed by atoms with E-state index in [-0.39, 0.29) is 24.5 Å². The quantitative estimate of drug-likeness (QED) is 0.223. The molecule has 1 aliphatic carbocycles. The lowest BCUT2D eigenvalue weighted by atomic mass is 9.61. The van der Waals surface area contributed by atoms with Crippen LogP contribution in [0.3, 0.4) is 0 Å². The van der Waals surface area contributed by atoms with Crippen LogP contribution in [0, 0.1) is 22.0 Å². The van der Waals surface area contributed by atoms with Crippen LogP contribution in [-0.2, 0) is 23.9 Å². The lowest BCUT2D eigenvalue weighted by Gasteiger charge is -2.43. The van der Waals surface area contributed by atoms with Crippen LogP contribution in [0.1, 0.15) is 24.8 Å². The summed E-state index contributed by atoms with van der Waals surface area (Å²) in [6.45, 7) is 7.96. The summed E-state index contributed by atoms with van der Waals surface area (Å²) >= 11 is 0. The summed E-state index contributed by atoms with van der Waals surface area (Å²) in [4.78, 5) is 48.6. The van der Waals surface area contributed by atoms with Gasteiger partial charge >= 0.3 is 11.9 Å². The van der Waals surface area contributed by atoms with Crippen LogP contribution < -0.4 is 0 Å². The molecule has 1 saturated carbocycles. The number of benzene rings is 1. The number of nitro groups is 1. The standard InChI is InChI=1S/C21H23NO8/c1-4-10-29-19(24)17-15(23)12-21(3,26)18(20(25)30-11-5-2)16(17)13-6-8-14(9-7-13)22(27)28/h4-9,16-18,26H,1-2,10-12H2,3H3/t16-,17+,18+,21-/m0/s1. The first-order valence-corrected chi connectivity index (χ1v) is 9.18. The highest BCUT2D eigenvalue weighted by Crippen LogP contribution is 2.47. The Morgan fingerprint density at radius 1 is 1.20 bits per heavy atom. The number of nitro benzene ring substituents is 1. The highest BCUT2D eigenvalue weighted by atomic mass is 16.6. The van der Waals surface area contributed by atoms with Gasteiger partial charge in [0.2, 0.25) is 0 Å². The smallest absolute Gasteiger partial charge is 0.317 e. The van der Waals surface area contributed by atoms with Crippen molar-refractivity contribution in [3.8, 4) is 0 Å². The average molecular weight is 417 g/mol. The molecule has 1 aliphatic rings. The summed E-state index contributed by atoms with van der Waals surface area (Å²) in [5.41, 5.74) is -1.73. The molecule has 0 amide bonds. The van der Waals surface area contributed by atoms with Crippen molar-refractivity contribution in [3.05, 3.63) is 65.3 Å². The van der Waals surface area contributed by atoms with Crippen LogP contribution in [0.15, 0.2) is 49.6 Å². The number of rotatable bonds is 8. The second kappa shape index (κ2) is 9.45. The molecule has 2 rings (SSSR count). The minimum atomic E-state index is -1.81. The van der Waals surface area contributed by atoms with Crippen molar-refractivity contribution >= 4 is 23.4 Å². The van der Waals surface area contributed by atoms with E-state index in [1.54, 1.807) is 0 Å². The van der Waals surface area contributed by atoms with E-state index in [1.807, 2.05) is 0 Å². The van der Waals surface area contributed by atoms with Crippen molar-refractivity contribution in [2.24, 2.45) is 11.8 Å². The van der Waals surface area contributed by atoms with Gasteiger partial charge in [-0.15, -0.1) is 0 Å². The zero-order chi connectivity index (χ0) is 22.5. The van der Waals surface area contributed by atoms with Crippen molar-refractivity contribution < 1.29 is 33.9 Å². The van der Waals surface area contributed by atoms with Crippen LogP contribution in [-0.4, -0.2) is 46.6 Å². The molecule has 0 unspecified atom stereocenters. The SMILES string of the molecule is C=CCOC(=O)[C@@H]1C(=O)C[C@](C)(O)[C@@H](C(=O)OCC=C)[C@H]1c1ccc([N+](=O)[O-])cc1. The molecule has 1 aromatic rings. The van der Waals surface area contributed by atoms with Crippen molar-refractivity contribution in [3.63, 3.8) is 0 Å². The van der Waals surface area contributed by atoms with Crippen molar-refractivity contribution in [1.29, 1.82) is 0 Å². The Balaban J connectivity index is 2.59. The molecule has 4 atom stereocenters. The van der Waals surface area contributed by atoms with Gasteiger partial charge in [-0.1, -0.05) is 37.4 Å². The predicted octanol–water partition coefficient (Wildman–Crippen LogP) is 2.09. The number of aliphatic hydroxyl groups is 1. The first kappa shape index (κ1) is 23.0. The van der Waals surface area contributed by atoms with Gasteiger partial charge in [0.25, 0.3) is 5.69 Å². The number of Topliss-reactive ketones (excluding diaryl/α,β-unsaturated/α-hetero) is 1. The van der Waals surface area contributed by atoms with E-state index in [0.717, 1.165) is 0 Å². The summed E-state index contributed by atoms with van der Waals surface area (Å²) in [5, 5.41) is 21.9. The van der Waals surface area contributed by atoms with E-state index in [0.29, 0.717) is 0 Å². The van der Waals surface area contributed by atoms with Gasteiger partial charge in [0.15, 0.2) is 5.78 Å². The van der Waals surface area contributed by atoms with Crippen LogP contribution in [0.25, 0.3) is 0 Å². The molecule has 0 aliphatic heterocycles.